The molecular weight excluding hydrogens is 518 g/mol. The summed E-state index contributed by atoms with van der Waals surface area (Å²) in [5.41, 5.74) is -2.15. The molecule has 0 spiro atoms. The molecular formula is C30H51NO5S2. The first kappa shape index (κ1) is 33.2. The fourth-order valence-electron chi connectivity index (χ4n) is 5.44. The highest BCUT2D eigenvalue weighted by molar-refractivity contribution is 8.21. The monoisotopic (exact) mass is 569 g/mol. The van der Waals surface area contributed by atoms with Gasteiger partial charge in [0, 0.05) is 23.3 Å². The summed E-state index contributed by atoms with van der Waals surface area (Å²) in [6.45, 7) is 7.84. The van der Waals surface area contributed by atoms with Crippen LogP contribution in [-0.2, 0) is 23.9 Å². The molecule has 2 aliphatic rings. The van der Waals surface area contributed by atoms with E-state index in [1.807, 2.05) is 26.8 Å². The van der Waals surface area contributed by atoms with Gasteiger partial charge in [-0.05, 0) is 32.1 Å². The molecule has 2 aliphatic heterocycles. The lowest BCUT2D eigenvalue weighted by Crippen LogP contribution is -2.61. The number of unbranched alkanes of at least 4 members (excludes halogenated alkanes) is 7. The Balaban J connectivity index is 1.71. The van der Waals surface area contributed by atoms with Gasteiger partial charge in [0.05, 0.1) is 17.8 Å². The van der Waals surface area contributed by atoms with Gasteiger partial charge in [-0.3, -0.25) is 14.5 Å². The van der Waals surface area contributed by atoms with Crippen LogP contribution in [0.5, 0.6) is 0 Å². The Hall–Kier alpha value is -0.990. The number of Topliss-reactive ketones (excluding diaryl/α,β-unsaturated/α-hetero) is 1. The first-order valence-corrected chi connectivity index (χ1v) is 16.5. The maximum absolute atomic E-state index is 13.2. The molecule has 6 nitrogen and oxygen atoms in total. The summed E-state index contributed by atoms with van der Waals surface area (Å²) in [4.78, 5) is 39.1. The van der Waals surface area contributed by atoms with E-state index in [2.05, 4.69) is 36.5 Å². The molecule has 2 rings (SSSR count). The molecule has 2 heterocycles. The maximum atomic E-state index is 13.2. The van der Waals surface area contributed by atoms with Crippen LogP contribution < -0.4 is 0 Å². The van der Waals surface area contributed by atoms with Gasteiger partial charge in [-0.25, -0.2) is 4.79 Å². The summed E-state index contributed by atoms with van der Waals surface area (Å²) in [5, 5.41) is 0. The van der Waals surface area contributed by atoms with Crippen LogP contribution in [0, 0.1) is 5.41 Å². The Labute approximate surface area is 239 Å². The topological polar surface area (TPSA) is 72.9 Å². The predicted molar refractivity (Wildman–Crippen MR) is 159 cm³/mol. The summed E-state index contributed by atoms with van der Waals surface area (Å²) < 4.78 is 11.2. The quantitative estimate of drug-likeness (QED) is 0.0570. The van der Waals surface area contributed by atoms with Gasteiger partial charge < -0.3 is 9.47 Å². The average molecular weight is 570 g/mol. The van der Waals surface area contributed by atoms with Gasteiger partial charge in [0.1, 0.15) is 6.23 Å². The Bertz CT molecular complexity index is 775. The molecule has 0 aromatic heterocycles. The number of ketones is 1. The standard InChI is InChI=1S/C30H51NO5S2/c1-6-7-8-16-19-29(37-21-22-38-29)20-17-14-12-10-9-11-13-15-18-25(33)30(27(34)35-5)23-36-26(28(2,3)4)31(30)24-32/h11,13,24,26H,6-10,12,14-23H2,1-5H3/b13-11+/t26-,30-/m0/s1. The first-order valence-electron chi connectivity index (χ1n) is 14.6. The second-order valence-electron chi connectivity index (χ2n) is 11.7. The molecule has 0 unspecified atom stereocenters. The normalized spacial score (nSPS) is 23.3. The SMILES string of the molecule is CCCCCCC1(CCCCCC/C=C/CCC(=O)[C@]2(C(=O)OC)CO[C@@H](C(C)(C)C)N2C=O)SCCS1. The Morgan fingerprint density at radius 2 is 1.58 bits per heavy atom. The molecule has 1 amide bonds. The predicted octanol–water partition coefficient (Wildman–Crippen LogP) is 7.15. The lowest BCUT2D eigenvalue weighted by atomic mass is 9.87. The second-order valence-corrected chi connectivity index (χ2v) is 14.9. The van der Waals surface area contributed by atoms with Gasteiger partial charge in [-0.2, -0.15) is 0 Å². The van der Waals surface area contributed by atoms with E-state index in [1.54, 1.807) is 0 Å². The zero-order valence-corrected chi connectivity index (χ0v) is 26.1. The third kappa shape index (κ3) is 9.02. The maximum Gasteiger partial charge on any atom is 0.342 e. The van der Waals surface area contributed by atoms with E-state index in [1.165, 1.54) is 81.3 Å². The van der Waals surface area contributed by atoms with Crippen molar-refractivity contribution in [2.24, 2.45) is 5.41 Å². The van der Waals surface area contributed by atoms with Gasteiger partial charge in [0.2, 0.25) is 11.9 Å². The largest absolute Gasteiger partial charge is 0.467 e. The average Bonchev–Trinajstić information content (AvgIpc) is 3.53. The molecule has 0 radical (unpaired) electrons. The van der Waals surface area contributed by atoms with Gasteiger partial charge in [0.15, 0.2) is 5.78 Å². The number of hydrogen-bond donors (Lipinski definition) is 0. The molecule has 0 saturated carbocycles. The second kappa shape index (κ2) is 16.3. The van der Waals surface area contributed by atoms with E-state index < -0.39 is 23.2 Å². The van der Waals surface area contributed by atoms with Crippen molar-refractivity contribution in [3.63, 3.8) is 0 Å². The number of carbonyl (C=O) groups excluding carboxylic acids is 3. The third-order valence-electron chi connectivity index (χ3n) is 7.59. The molecule has 2 saturated heterocycles. The van der Waals surface area contributed by atoms with Gasteiger partial charge in [-0.15, -0.1) is 23.5 Å². The van der Waals surface area contributed by atoms with Crippen molar-refractivity contribution < 1.29 is 23.9 Å². The van der Waals surface area contributed by atoms with Crippen molar-refractivity contribution in [3.05, 3.63) is 12.2 Å². The highest BCUT2D eigenvalue weighted by Crippen LogP contribution is 2.50. The molecule has 0 aromatic rings. The smallest absolute Gasteiger partial charge is 0.342 e. The van der Waals surface area contributed by atoms with E-state index in [0.717, 1.165) is 12.8 Å². The summed E-state index contributed by atoms with van der Waals surface area (Å²) in [5.74, 6) is 1.55. The Morgan fingerprint density at radius 3 is 2.16 bits per heavy atom. The molecule has 0 N–H and O–H groups in total. The molecule has 2 fully saturated rings. The fourth-order valence-corrected chi connectivity index (χ4v) is 8.84. The molecule has 0 aliphatic carbocycles. The van der Waals surface area contributed by atoms with Gasteiger partial charge >= 0.3 is 5.97 Å². The summed E-state index contributed by atoms with van der Waals surface area (Å²) in [6.07, 6.45) is 18.8. The number of carbonyl (C=O) groups is 3. The third-order valence-corrected chi connectivity index (χ3v) is 11.2. The highest BCUT2D eigenvalue weighted by atomic mass is 32.2. The molecule has 0 bridgehead atoms. The van der Waals surface area contributed by atoms with Crippen molar-refractivity contribution in [3.8, 4) is 0 Å². The van der Waals surface area contributed by atoms with Crippen molar-refractivity contribution in [1.29, 1.82) is 0 Å². The Kier molecular flexibility index (Phi) is 14.3. The molecule has 38 heavy (non-hydrogen) atoms. The van der Waals surface area contributed by atoms with Crippen LogP contribution in [0.4, 0.5) is 0 Å². The molecule has 218 valence electrons. The van der Waals surface area contributed by atoms with Gasteiger partial charge in [0.25, 0.3) is 0 Å². The van der Waals surface area contributed by atoms with E-state index in [9.17, 15) is 14.4 Å². The zero-order chi connectivity index (χ0) is 28.1. The van der Waals surface area contributed by atoms with E-state index in [-0.39, 0.29) is 18.8 Å². The van der Waals surface area contributed by atoms with E-state index in [4.69, 9.17) is 9.47 Å². The van der Waals surface area contributed by atoms with Crippen molar-refractivity contribution in [2.45, 2.75) is 127 Å². The first-order chi connectivity index (χ1) is 18.2. The minimum atomic E-state index is -1.70. The van der Waals surface area contributed by atoms with Crippen LogP contribution >= 0.6 is 23.5 Å². The number of amides is 1. The number of rotatable bonds is 18. The van der Waals surface area contributed by atoms with Crippen LogP contribution in [0.1, 0.15) is 111 Å². The summed E-state index contributed by atoms with van der Waals surface area (Å²) in [6, 6.07) is 0. The molecule has 0 aromatic carbocycles. The van der Waals surface area contributed by atoms with E-state index in [0.29, 0.717) is 16.9 Å². The zero-order valence-electron chi connectivity index (χ0n) is 24.4. The number of esters is 1. The fraction of sp³-hybridized carbons (Fsp3) is 0.833. The minimum Gasteiger partial charge on any atom is -0.467 e. The van der Waals surface area contributed by atoms with Crippen LogP contribution in [-0.4, -0.2) is 64.1 Å². The van der Waals surface area contributed by atoms with Crippen LogP contribution in [0.15, 0.2) is 12.2 Å². The highest BCUT2D eigenvalue weighted by Gasteiger charge is 2.60. The number of allylic oxidation sites excluding steroid dienone is 2. The van der Waals surface area contributed by atoms with Gasteiger partial charge in [-0.1, -0.05) is 84.8 Å². The number of thioether (sulfide) groups is 2. The van der Waals surface area contributed by atoms with Crippen molar-refractivity contribution in [1.82, 2.24) is 4.90 Å². The van der Waals surface area contributed by atoms with Crippen molar-refractivity contribution in [2.75, 3.05) is 25.2 Å². The number of ether oxygens (including phenoxy) is 2. The lowest BCUT2D eigenvalue weighted by Gasteiger charge is -2.37. The number of hydrogen-bond acceptors (Lipinski definition) is 7. The summed E-state index contributed by atoms with van der Waals surface area (Å²) in [7, 11) is 1.24. The summed E-state index contributed by atoms with van der Waals surface area (Å²) >= 11 is 4.41. The lowest BCUT2D eigenvalue weighted by molar-refractivity contribution is -0.163. The van der Waals surface area contributed by atoms with Crippen LogP contribution in [0.3, 0.4) is 0 Å². The van der Waals surface area contributed by atoms with Crippen LogP contribution in [0.2, 0.25) is 0 Å². The molecule has 8 heteroatoms. The van der Waals surface area contributed by atoms with Crippen LogP contribution in [0.25, 0.3) is 0 Å². The van der Waals surface area contributed by atoms with E-state index >= 15 is 0 Å². The van der Waals surface area contributed by atoms with Crippen molar-refractivity contribution >= 4 is 41.7 Å². The Morgan fingerprint density at radius 1 is 0.974 bits per heavy atom. The molecule has 2 atom stereocenters. The minimum absolute atomic E-state index is 0.159. The number of nitrogens with zero attached hydrogens (tertiary/aromatic N) is 1. The number of methoxy groups -OCH3 is 1.